The minimum absolute atomic E-state index is 0.102. The number of fused-ring (bicyclic) bond motifs is 1. The summed E-state index contributed by atoms with van der Waals surface area (Å²) in [4.78, 5) is 52.5. The number of rotatable bonds is 9. The Kier molecular flexibility index (Phi) is 7.91. The van der Waals surface area contributed by atoms with E-state index in [0.29, 0.717) is 11.2 Å². The van der Waals surface area contributed by atoms with E-state index in [1.54, 1.807) is 37.3 Å². The predicted molar refractivity (Wildman–Crippen MR) is 128 cm³/mol. The molecule has 4 atom stereocenters. The first-order chi connectivity index (χ1) is 17.9. The molecule has 1 aliphatic rings. The lowest BCUT2D eigenvalue weighted by Crippen LogP contribution is -2.34. The maximum atomic E-state index is 12.7. The van der Waals surface area contributed by atoms with Crippen LogP contribution in [0.25, 0.3) is 21.6 Å². The Morgan fingerprint density at radius 1 is 1.22 bits per heavy atom. The van der Waals surface area contributed by atoms with Gasteiger partial charge in [-0.1, -0.05) is 23.3 Å². The second-order valence-corrected chi connectivity index (χ2v) is 8.09. The summed E-state index contributed by atoms with van der Waals surface area (Å²) in [6.07, 6.45) is -0.129. The van der Waals surface area contributed by atoms with Crippen LogP contribution in [0.3, 0.4) is 0 Å². The van der Waals surface area contributed by atoms with Crippen molar-refractivity contribution in [3.63, 3.8) is 0 Å². The van der Waals surface area contributed by atoms with Crippen LogP contribution >= 0.6 is 0 Å². The van der Waals surface area contributed by atoms with Crippen molar-refractivity contribution in [2.75, 3.05) is 18.5 Å². The van der Waals surface area contributed by atoms with Gasteiger partial charge in [0.05, 0.1) is 32.0 Å². The van der Waals surface area contributed by atoms with Gasteiger partial charge in [-0.15, -0.1) is 0 Å². The van der Waals surface area contributed by atoms with Gasteiger partial charge >= 0.3 is 11.9 Å². The maximum absolute atomic E-state index is 12.7. The number of benzene rings is 1. The zero-order valence-corrected chi connectivity index (χ0v) is 20.1. The number of carbonyl (C=O) groups excluding carboxylic acids is 3. The number of aromatic nitrogens is 4. The van der Waals surface area contributed by atoms with Crippen LogP contribution in [0.4, 0.5) is 5.82 Å². The molecule has 0 saturated carbocycles. The average Bonchev–Trinajstić information content (AvgIpc) is 3.45. The normalized spacial score (nSPS) is 20.7. The molecule has 4 rings (SSSR count). The SMILES string of the molecule is CCOC(=O)C[C@H]1[C@@H](OC(C)=O)[C@H](n2cnc3c(NC(=O)c4ccccc4)ncnc32)O[C@@H]1CN=[N+]=[N-]. The van der Waals surface area contributed by atoms with Gasteiger partial charge in [-0.05, 0) is 24.6 Å². The standard InChI is InChI=1S/C23H24N8O6/c1-3-35-17(33)9-15-16(10-28-30-24)37-23(19(15)36-13(2)32)31-12-27-18-20(25-11-26-21(18)31)29-22(34)14-7-5-4-6-8-14/h4-8,11-12,15-16,19,23H,3,9-10H2,1-2H3,(H,25,26,29,34)/t15-,16-,19-,23-/m1/s1. The monoisotopic (exact) mass is 508 g/mol. The summed E-state index contributed by atoms with van der Waals surface area (Å²) in [5.74, 6) is -1.98. The van der Waals surface area contributed by atoms with E-state index < -0.39 is 36.3 Å². The summed E-state index contributed by atoms with van der Waals surface area (Å²) < 4.78 is 18.3. The quantitative estimate of drug-likeness (QED) is 0.196. The molecule has 0 aliphatic carbocycles. The topological polar surface area (TPSA) is 183 Å². The van der Waals surface area contributed by atoms with Crippen molar-refractivity contribution in [2.45, 2.75) is 38.7 Å². The second kappa shape index (κ2) is 11.5. The molecule has 0 unspecified atom stereocenters. The van der Waals surface area contributed by atoms with E-state index in [9.17, 15) is 14.4 Å². The van der Waals surface area contributed by atoms with Crippen molar-refractivity contribution in [3.05, 3.63) is 59.0 Å². The molecule has 1 N–H and O–H groups in total. The fourth-order valence-electron chi connectivity index (χ4n) is 4.20. The van der Waals surface area contributed by atoms with E-state index in [-0.39, 0.29) is 36.8 Å². The minimum atomic E-state index is -0.959. The number of nitrogens with zero attached hydrogens (tertiary/aromatic N) is 7. The van der Waals surface area contributed by atoms with E-state index in [2.05, 4.69) is 30.3 Å². The zero-order valence-electron chi connectivity index (χ0n) is 20.1. The average molecular weight is 508 g/mol. The molecule has 1 amide bonds. The van der Waals surface area contributed by atoms with Crippen molar-refractivity contribution in [1.29, 1.82) is 0 Å². The van der Waals surface area contributed by atoms with Gasteiger partial charge in [0.2, 0.25) is 0 Å². The van der Waals surface area contributed by atoms with Crippen molar-refractivity contribution >= 4 is 34.8 Å². The van der Waals surface area contributed by atoms with Gasteiger partial charge in [0.1, 0.15) is 6.33 Å². The van der Waals surface area contributed by atoms with Gasteiger partial charge in [0.15, 0.2) is 29.3 Å². The van der Waals surface area contributed by atoms with Crippen LogP contribution in [0.5, 0.6) is 0 Å². The maximum Gasteiger partial charge on any atom is 0.306 e. The van der Waals surface area contributed by atoms with Gasteiger partial charge in [0, 0.05) is 23.3 Å². The van der Waals surface area contributed by atoms with Gasteiger partial charge in [-0.25, -0.2) is 15.0 Å². The summed E-state index contributed by atoms with van der Waals surface area (Å²) in [6.45, 7) is 2.99. The number of imidazole rings is 1. The molecule has 192 valence electrons. The minimum Gasteiger partial charge on any atom is -0.466 e. The molecule has 1 aliphatic heterocycles. The smallest absolute Gasteiger partial charge is 0.306 e. The van der Waals surface area contributed by atoms with Crippen LogP contribution < -0.4 is 5.32 Å². The molecular weight excluding hydrogens is 484 g/mol. The number of esters is 2. The molecule has 0 spiro atoms. The molecule has 0 bridgehead atoms. The molecule has 37 heavy (non-hydrogen) atoms. The molecule has 1 saturated heterocycles. The Labute approximate surface area is 210 Å². The van der Waals surface area contributed by atoms with Crippen LogP contribution in [0.15, 0.2) is 48.1 Å². The first kappa shape index (κ1) is 25.5. The number of amides is 1. The van der Waals surface area contributed by atoms with Crippen molar-refractivity contribution in [3.8, 4) is 0 Å². The summed E-state index contributed by atoms with van der Waals surface area (Å²) in [5, 5.41) is 6.32. The lowest BCUT2D eigenvalue weighted by atomic mass is 9.94. The lowest BCUT2D eigenvalue weighted by Gasteiger charge is -2.23. The fraction of sp³-hybridized carbons (Fsp3) is 0.391. The highest BCUT2D eigenvalue weighted by Gasteiger charge is 2.49. The van der Waals surface area contributed by atoms with Crippen molar-refractivity contribution in [1.82, 2.24) is 19.5 Å². The first-order valence-electron chi connectivity index (χ1n) is 11.5. The molecular formula is C23H24N8O6. The van der Waals surface area contributed by atoms with E-state index in [0.717, 1.165) is 0 Å². The zero-order chi connectivity index (χ0) is 26.4. The summed E-state index contributed by atoms with van der Waals surface area (Å²) in [7, 11) is 0. The molecule has 3 aromatic rings. The van der Waals surface area contributed by atoms with Gasteiger partial charge < -0.3 is 19.5 Å². The third-order valence-electron chi connectivity index (χ3n) is 5.73. The van der Waals surface area contributed by atoms with Crippen LogP contribution in [-0.4, -0.2) is 62.7 Å². The fourth-order valence-corrected chi connectivity index (χ4v) is 4.20. The number of azide groups is 1. The Morgan fingerprint density at radius 3 is 2.70 bits per heavy atom. The number of anilines is 1. The first-order valence-corrected chi connectivity index (χ1v) is 11.5. The molecule has 14 nitrogen and oxygen atoms in total. The molecule has 1 fully saturated rings. The molecule has 0 radical (unpaired) electrons. The van der Waals surface area contributed by atoms with Crippen LogP contribution in [-0.2, 0) is 23.8 Å². The highest BCUT2D eigenvalue weighted by Crippen LogP contribution is 2.40. The number of carbonyl (C=O) groups is 3. The van der Waals surface area contributed by atoms with Crippen LogP contribution in [0.2, 0.25) is 0 Å². The van der Waals surface area contributed by atoms with E-state index >= 15 is 0 Å². The number of ether oxygens (including phenoxy) is 3. The Bertz CT molecular complexity index is 1340. The largest absolute Gasteiger partial charge is 0.466 e. The van der Waals surface area contributed by atoms with Gasteiger partial charge in [0.25, 0.3) is 5.91 Å². The predicted octanol–water partition coefficient (Wildman–Crippen LogP) is 2.79. The number of hydrogen-bond acceptors (Lipinski definition) is 10. The van der Waals surface area contributed by atoms with Crippen LogP contribution in [0.1, 0.15) is 36.9 Å². The Morgan fingerprint density at radius 2 is 2.00 bits per heavy atom. The van der Waals surface area contributed by atoms with E-state index in [4.69, 9.17) is 19.7 Å². The summed E-state index contributed by atoms with van der Waals surface area (Å²) >= 11 is 0. The number of hydrogen-bond donors (Lipinski definition) is 1. The Balaban J connectivity index is 1.69. The lowest BCUT2D eigenvalue weighted by molar-refractivity contribution is -0.156. The van der Waals surface area contributed by atoms with E-state index in [1.165, 1.54) is 24.1 Å². The third kappa shape index (κ3) is 5.66. The van der Waals surface area contributed by atoms with Gasteiger partial charge in [-0.2, -0.15) is 0 Å². The molecule has 3 heterocycles. The van der Waals surface area contributed by atoms with E-state index in [1.807, 2.05) is 0 Å². The second-order valence-electron chi connectivity index (χ2n) is 8.09. The van der Waals surface area contributed by atoms with Gasteiger partial charge in [-0.3, -0.25) is 19.0 Å². The third-order valence-corrected chi connectivity index (χ3v) is 5.73. The highest BCUT2D eigenvalue weighted by atomic mass is 16.6. The summed E-state index contributed by atoms with van der Waals surface area (Å²) in [5.41, 5.74) is 9.83. The molecule has 1 aromatic carbocycles. The highest BCUT2D eigenvalue weighted by molar-refractivity contribution is 6.06. The molecule has 14 heteroatoms. The van der Waals surface area contributed by atoms with Crippen molar-refractivity contribution < 1.29 is 28.6 Å². The van der Waals surface area contributed by atoms with Crippen molar-refractivity contribution in [2.24, 2.45) is 11.0 Å². The Hall–Kier alpha value is -4.55. The van der Waals surface area contributed by atoms with Crippen LogP contribution in [0, 0.1) is 5.92 Å². The summed E-state index contributed by atoms with van der Waals surface area (Å²) in [6, 6.07) is 8.61. The number of nitrogens with one attached hydrogen (secondary N) is 1. The molecule has 2 aromatic heterocycles.